The Balaban J connectivity index is 1.80. The van der Waals surface area contributed by atoms with Crippen molar-refractivity contribution < 1.29 is 18.4 Å². The van der Waals surface area contributed by atoms with Crippen molar-refractivity contribution in [2.24, 2.45) is 0 Å². The Hall–Kier alpha value is -3.23. The molecule has 0 spiro atoms. The lowest BCUT2D eigenvalue weighted by atomic mass is 9.94. The summed E-state index contributed by atoms with van der Waals surface area (Å²) in [6, 6.07) is 12.3. The summed E-state index contributed by atoms with van der Waals surface area (Å²) in [6.45, 7) is 2.54. The zero-order valence-electron chi connectivity index (χ0n) is 16.9. The second-order valence-corrected chi connectivity index (χ2v) is 7.45. The minimum Gasteiger partial charge on any atom is -0.383 e. The fraction of sp³-hybridized carbons (Fsp3) is 0.227. The van der Waals surface area contributed by atoms with Gasteiger partial charge >= 0.3 is 6.03 Å². The first-order valence-corrected chi connectivity index (χ1v) is 9.99. The molecule has 0 fully saturated rings. The van der Waals surface area contributed by atoms with Gasteiger partial charge in [0.1, 0.15) is 5.82 Å². The second-order valence-electron chi connectivity index (χ2n) is 7.01. The minimum absolute atomic E-state index is 0.235. The molecule has 160 valence electrons. The molecular weight excluding hydrogens is 423 g/mol. The molecule has 1 atom stereocenters. The fourth-order valence-electron chi connectivity index (χ4n) is 3.49. The van der Waals surface area contributed by atoms with E-state index in [2.05, 4.69) is 15.5 Å². The van der Waals surface area contributed by atoms with Crippen LogP contribution >= 0.6 is 11.6 Å². The van der Waals surface area contributed by atoms with E-state index in [1.807, 2.05) is 19.1 Å². The van der Waals surface area contributed by atoms with Crippen LogP contribution in [0.15, 0.2) is 58.8 Å². The number of allylic oxidation sites excluding steroid dienone is 1. The van der Waals surface area contributed by atoms with Crippen molar-refractivity contribution in [3.63, 3.8) is 0 Å². The summed E-state index contributed by atoms with van der Waals surface area (Å²) in [5.41, 5.74) is 2.61. The lowest BCUT2D eigenvalue weighted by molar-refractivity contribution is 0.158. The molecule has 1 aliphatic rings. The molecule has 0 saturated heterocycles. The maximum atomic E-state index is 13.6. The summed E-state index contributed by atoms with van der Waals surface area (Å²) in [7, 11) is 1.57. The number of hydrogen-bond acceptors (Lipinski definition) is 5. The van der Waals surface area contributed by atoms with E-state index in [-0.39, 0.29) is 17.7 Å². The van der Waals surface area contributed by atoms with Crippen LogP contribution in [0.2, 0.25) is 5.02 Å². The van der Waals surface area contributed by atoms with Crippen molar-refractivity contribution in [1.82, 2.24) is 20.4 Å². The van der Waals surface area contributed by atoms with Crippen LogP contribution in [0.4, 0.5) is 9.18 Å². The van der Waals surface area contributed by atoms with Crippen molar-refractivity contribution in [3.05, 3.63) is 76.5 Å². The van der Waals surface area contributed by atoms with Crippen molar-refractivity contribution in [1.29, 1.82) is 0 Å². The largest absolute Gasteiger partial charge is 0.383 e. The first-order valence-electron chi connectivity index (χ1n) is 9.61. The third-order valence-corrected chi connectivity index (χ3v) is 5.31. The normalized spacial score (nSPS) is 16.6. The molecule has 1 aromatic heterocycles. The monoisotopic (exact) mass is 442 g/mol. The lowest BCUT2D eigenvalue weighted by Crippen LogP contribution is -2.47. The molecule has 2 aromatic carbocycles. The number of benzene rings is 2. The van der Waals surface area contributed by atoms with Gasteiger partial charge < -0.3 is 14.6 Å². The van der Waals surface area contributed by atoms with Gasteiger partial charge in [0.2, 0.25) is 5.82 Å². The van der Waals surface area contributed by atoms with E-state index in [1.54, 1.807) is 36.3 Å². The summed E-state index contributed by atoms with van der Waals surface area (Å²) in [4.78, 5) is 18.9. The number of halogens is 2. The van der Waals surface area contributed by atoms with Crippen molar-refractivity contribution >= 4 is 23.2 Å². The van der Waals surface area contributed by atoms with Gasteiger partial charge in [-0.2, -0.15) is 4.98 Å². The van der Waals surface area contributed by atoms with Gasteiger partial charge in [0.05, 0.1) is 24.8 Å². The molecule has 1 aliphatic heterocycles. The van der Waals surface area contributed by atoms with E-state index in [0.717, 1.165) is 5.56 Å². The summed E-state index contributed by atoms with van der Waals surface area (Å²) in [6.07, 6.45) is 0. The summed E-state index contributed by atoms with van der Waals surface area (Å²) < 4.78 is 24.3. The number of carbonyl (C=O) groups is 1. The molecule has 7 nitrogen and oxygen atoms in total. The number of carbonyl (C=O) groups excluding carboxylic acids is 1. The molecule has 1 N–H and O–H groups in total. The quantitative estimate of drug-likeness (QED) is 0.599. The Morgan fingerprint density at radius 1 is 1.26 bits per heavy atom. The van der Waals surface area contributed by atoms with Crippen LogP contribution in [-0.2, 0) is 4.74 Å². The lowest BCUT2D eigenvalue weighted by Gasteiger charge is -2.35. The number of urea groups is 1. The van der Waals surface area contributed by atoms with Crippen LogP contribution in [0.1, 0.15) is 24.4 Å². The minimum atomic E-state index is -0.524. The molecule has 2 heterocycles. The van der Waals surface area contributed by atoms with Crippen LogP contribution in [0.5, 0.6) is 0 Å². The van der Waals surface area contributed by atoms with Gasteiger partial charge in [-0.15, -0.1) is 0 Å². The van der Waals surface area contributed by atoms with Gasteiger partial charge in [0, 0.05) is 23.4 Å². The highest BCUT2D eigenvalue weighted by atomic mass is 35.5. The van der Waals surface area contributed by atoms with Crippen LogP contribution in [0, 0.1) is 5.82 Å². The van der Waals surface area contributed by atoms with Gasteiger partial charge in [-0.25, -0.2) is 9.18 Å². The number of amides is 2. The van der Waals surface area contributed by atoms with E-state index < -0.39 is 11.9 Å². The Kier molecular flexibility index (Phi) is 6.01. The predicted octanol–water partition coefficient (Wildman–Crippen LogP) is 4.67. The summed E-state index contributed by atoms with van der Waals surface area (Å²) >= 11 is 6.03. The molecule has 9 heteroatoms. The van der Waals surface area contributed by atoms with Gasteiger partial charge in [-0.05, 0) is 36.8 Å². The topological polar surface area (TPSA) is 80.5 Å². The average Bonchev–Trinajstić information content (AvgIpc) is 3.23. The molecule has 0 radical (unpaired) electrons. The number of rotatable bonds is 6. The van der Waals surface area contributed by atoms with Crippen LogP contribution in [0.25, 0.3) is 17.0 Å². The van der Waals surface area contributed by atoms with Crippen molar-refractivity contribution in [2.45, 2.75) is 13.0 Å². The highest BCUT2D eigenvalue weighted by Gasteiger charge is 2.35. The molecule has 0 bridgehead atoms. The van der Waals surface area contributed by atoms with Gasteiger partial charge in [-0.1, -0.05) is 41.0 Å². The zero-order valence-corrected chi connectivity index (χ0v) is 17.7. The Labute approximate surface area is 183 Å². The number of nitrogens with zero attached hydrogens (tertiary/aromatic N) is 3. The SMILES string of the molecule is COCCN1C(=O)NC(c2ccc(Cl)cc2)C(c2nc(-c3cccc(F)c3)no2)=C1C. The maximum absolute atomic E-state index is 13.6. The number of nitrogens with one attached hydrogen (secondary N) is 1. The van der Waals surface area contributed by atoms with Gasteiger partial charge in [0.25, 0.3) is 5.89 Å². The molecule has 2 amide bonds. The molecule has 3 aromatic rings. The van der Waals surface area contributed by atoms with Crippen LogP contribution < -0.4 is 5.32 Å². The Morgan fingerprint density at radius 2 is 2.03 bits per heavy atom. The maximum Gasteiger partial charge on any atom is 0.322 e. The van der Waals surface area contributed by atoms with E-state index in [1.165, 1.54) is 12.1 Å². The summed E-state index contributed by atoms with van der Waals surface area (Å²) in [5.74, 6) is 0.0954. The van der Waals surface area contributed by atoms with E-state index in [4.69, 9.17) is 20.9 Å². The number of hydrogen-bond donors (Lipinski definition) is 1. The molecular formula is C22H20ClFN4O3. The molecule has 0 saturated carbocycles. The fourth-order valence-corrected chi connectivity index (χ4v) is 3.62. The Bertz CT molecular complexity index is 1130. The first-order chi connectivity index (χ1) is 15.0. The Morgan fingerprint density at radius 3 is 2.74 bits per heavy atom. The van der Waals surface area contributed by atoms with Crippen molar-refractivity contribution in [2.75, 3.05) is 20.3 Å². The van der Waals surface area contributed by atoms with Crippen LogP contribution in [-0.4, -0.2) is 41.3 Å². The third kappa shape index (κ3) is 4.30. The zero-order chi connectivity index (χ0) is 22.0. The van der Waals surface area contributed by atoms with E-state index in [0.29, 0.717) is 35.0 Å². The van der Waals surface area contributed by atoms with Gasteiger partial charge in [-0.3, -0.25) is 4.90 Å². The highest BCUT2D eigenvalue weighted by molar-refractivity contribution is 6.30. The highest BCUT2D eigenvalue weighted by Crippen LogP contribution is 2.37. The summed E-state index contributed by atoms with van der Waals surface area (Å²) in [5, 5.41) is 7.60. The first kappa shape index (κ1) is 21.0. The molecule has 31 heavy (non-hydrogen) atoms. The predicted molar refractivity (Wildman–Crippen MR) is 114 cm³/mol. The molecule has 0 aliphatic carbocycles. The van der Waals surface area contributed by atoms with Gasteiger partial charge in [0.15, 0.2) is 0 Å². The number of aromatic nitrogens is 2. The standard InChI is InChI=1S/C22H20ClFN4O3/c1-13-18(21-26-20(27-31-21)15-4-3-5-17(24)12-15)19(14-6-8-16(23)9-7-14)25-22(29)28(13)10-11-30-2/h3-9,12,19H,10-11H2,1-2H3,(H,25,29). The molecule has 1 unspecified atom stereocenters. The number of methoxy groups -OCH3 is 1. The smallest absolute Gasteiger partial charge is 0.322 e. The van der Waals surface area contributed by atoms with E-state index >= 15 is 0 Å². The number of ether oxygens (including phenoxy) is 1. The second kappa shape index (κ2) is 8.87. The molecule has 4 rings (SSSR count). The van der Waals surface area contributed by atoms with E-state index in [9.17, 15) is 9.18 Å². The third-order valence-electron chi connectivity index (χ3n) is 5.06. The average molecular weight is 443 g/mol. The van der Waals surface area contributed by atoms with Crippen LogP contribution in [0.3, 0.4) is 0 Å². The van der Waals surface area contributed by atoms with Crippen molar-refractivity contribution in [3.8, 4) is 11.4 Å².